The highest BCUT2D eigenvalue weighted by molar-refractivity contribution is 5.84. The van der Waals surface area contributed by atoms with Gasteiger partial charge in [-0.2, -0.15) is 11.9 Å². The predicted molar refractivity (Wildman–Crippen MR) is 42.0 cm³/mol. The summed E-state index contributed by atoms with van der Waals surface area (Å²) < 4.78 is 0. The molecule has 0 atom stereocenters. The highest BCUT2D eigenvalue weighted by Gasteiger charge is 1.86. The zero-order valence-electron chi connectivity index (χ0n) is 5.83. The first kappa shape index (κ1) is 5.54. The Morgan fingerprint density at radius 2 is 2.00 bits per heavy atom. The first-order chi connectivity index (χ1) is 4.88. The maximum atomic E-state index is 4.20. The second-order valence-corrected chi connectivity index (χ2v) is 2.43. The number of benzene rings is 1. The topological polar surface area (TPSA) is 14.1 Å². The third kappa shape index (κ3) is 0.637. The minimum Gasteiger partial charge on any atom is -0.667 e. The Bertz CT molecular complexity index is 346. The monoisotopic (exact) mass is 130 g/mol. The summed E-state index contributed by atoms with van der Waals surface area (Å²) in [7, 11) is 0. The molecule has 0 fully saturated rings. The zero-order chi connectivity index (χ0) is 6.97. The van der Waals surface area contributed by atoms with Gasteiger partial charge in [0.25, 0.3) is 0 Å². The van der Waals surface area contributed by atoms with Crippen molar-refractivity contribution in [2.24, 2.45) is 0 Å². The lowest BCUT2D eigenvalue weighted by Gasteiger charge is -1.95. The van der Waals surface area contributed by atoms with Crippen LogP contribution < -0.4 is 4.98 Å². The molecule has 50 valence electrons. The van der Waals surface area contributed by atoms with E-state index in [4.69, 9.17) is 0 Å². The average Bonchev–Trinajstić information content (AvgIpc) is 2.34. The molecular formula is C9H8N-. The summed E-state index contributed by atoms with van der Waals surface area (Å²) >= 11 is 0. The lowest BCUT2D eigenvalue weighted by molar-refractivity contribution is 1.25. The fraction of sp³-hybridized carbons (Fsp3) is 0.111. The zero-order valence-corrected chi connectivity index (χ0v) is 5.83. The van der Waals surface area contributed by atoms with Crippen molar-refractivity contribution < 1.29 is 0 Å². The number of aryl methyl sites for hydroxylation is 1. The molecule has 0 saturated carbocycles. The number of nitrogens with zero attached hydrogens (tertiary/aromatic N) is 1. The van der Waals surface area contributed by atoms with Crippen LogP contribution >= 0.6 is 0 Å². The number of hydrogen-bond donors (Lipinski definition) is 0. The van der Waals surface area contributed by atoms with Crippen LogP contribution in [0.5, 0.6) is 0 Å². The average molecular weight is 130 g/mol. The fourth-order valence-corrected chi connectivity index (χ4v) is 1.17. The third-order valence-corrected chi connectivity index (χ3v) is 1.75. The van der Waals surface area contributed by atoms with Gasteiger partial charge >= 0.3 is 0 Å². The van der Waals surface area contributed by atoms with Gasteiger partial charge in [-0.15, -0.1) is 0 Å². The second kappa shape index (κ2) is 1.87. The third-order valence-electron chi connectivity index (χ3n) is 1.75. The number of hydrogen-bond acceptors (Lipinski definition) is 0. The Morgan fingerprint density at radius 1 is 1.20 bits per heavy atom. The molecule has 2 aromatic rings. The molecule has 2 rings (SSSR count). The lowest BCUT2D eigenvalue weighted by atomic mass is 10.2. The van der Waals surface area contributed by atoms with E-state index in [0.29, 0.717) is 0 Å². The molecule has 0 amide bonds. The van der Waals surface area contributed by atoms with Gasteiger partial charge in [-0.1, -0.05) is 31.2 Å². The SMILES string of the molecule is Cc1[n-]cc2ccccc12. The molecule has 0 spiro atoms. The van der Waals surface area contributed by atoms with Gasteiger partial charge in [0.15, 0.2) is 0 Å². The van der Waals surface area contributed by atoms with Gasteiger partial charge in [-0.3, -0.25) is 0 Å². The summed E-state index contributed by atoms with van der Waals surface area (Å²) in [4.78, 5) is 4.20. The largest absolute Gasteiger partial charge is 0.667 e. The summed E-state index contributed by atoms with van der Waals surface area (Å²) in [6, 6.07) is 8.24. The summed E-state index contributed by atoms with van der Waals surface area (Å²) in [6.45, 7) is 2.03. The Labute approximate surface area is 59.7 Å². The summed E-state index contributed by atoms with van der Waals surface area (Å²) in [5, 5.41) is 2.50. The lowest BCUT2D eigenvalue weighted by Crippen LogP contribution is -1.69. The van der Waals surface area contributed by atoms with E-state index in [2.05, 4.69) is 17.1 Å². The van der Waals surface area contributed by atoms with Gasteiger partial charge < -0.3 is 4.98 Å². The van der Waals surface area contributed by atoms with Gasteiger partial charge in [0.1, 0.15) is 0 Å². The number of rotatable bonds is 0. The van der Waals surface area contributed by atoms with Crippen molar-refractivity contribution in [2.75, 3.05) is 0 Å². The summed E-state index contributed by atoms with van der Waals surface area (Å²) in [5.74, 6) is 0. The molecule has 1 aromatic carbocycles. The quantitative estimate of drug-likeness (QED) is 0.532. The minimum absolute atomic E-state index is 1.12. The normalized spacial score (nSPS) is 10.5. The van der Waals surface area contributed by atoms with Gasteiger partial charge in [0.05, 0.1) is 0 Å². The van der Waals surface area contributed by atoms with Gasteiger partial charge in [-0.25, -0.2) is 0 Å². The molecule has 0 aliphatic carbocycles. The van der Waals surface area contributed by atoms with Crippen molar-refractivity contribution in [3.63, 3.8) is 0 Å². The van der Waals surface area contributed by atoms with E-state index in [0.717, 1.165) is 5.69 Å². The van der Waals surface area contributed by atoms with E-state index in [9.17, 15) is 0 Å². The number of aromatic nitrogens is 1. The predicted octanol–water partition coefficient (Wildman–Crippen LogP) is 2.11. The van der Waals surface area contributed by atoms with Gasteiger partial charge in [-0.05, 0) is 10.8 Å². The van der Waals surface area contributed by atoms with Crippen LogP contribution in [0.1, 0.15) is 5.69 Å². The fourth-order valence-electron chi connectivity index (χ4n) is 1.17. The van der Waals surface area contributed by atoms with Crippen molar-refractivity contribution in [2.45, 2.75) is 6.92 Å². The number of fused-ring (bicyclic) bond motifs is 1. The smallest absolute Gasteiger partial charge is 0.0392 e. The summed E-state index contributed by atoms with van der Waals surface area (Å²) in [5.41, 5.74) is 1.12. The van der Waals surface area contributed by atoms with E-state index in [1.807, 2.05) is 25.3 Å². The van der Waals surface area contributed by atoms with E-state index in [1.54, 1.807) is 0 Å². The van der Waals surface area contributed by atoms with E-state index in [1.165, 1.54) is 10.8 Å². The first-order valence-corrected chi connectivity index (χ1v) is 3.35. The van der Waals surface area contributed by atoms with Crippen LogP contribution in [-0.2, 0) is 0 Å². The first-order valence-electron chi connectivity index (χ1n) is 3.35. The van der Waals surface area contributed by atoms with Crippen LogP contribution in [0.15, 0.2) is 30.5 Å². The molecule has 1 aromatic heterocycles. The molecule has 0 aliphatic heterocycles. The summed E-state index contributed by atoms with van der Waals surface area (Å²) in [6.07, 6.45) is 1.91. The Kier molecular flexibility index (Phi) is 1.04. The molecule has 0 aliphatic rings. The van der Waals surface area contributed by atoms with Crippen LogP contribution in [0.3, 0.4) is 0 Å². The van der Waals surface area contributed by atoms with E-state index < -0.39 is 0 Å². The molecule has 1 nitrogen and oxygen atoms in total. The van der Waals surface area contributed by atoms with Gasteiger partial charge in [0, 0.05) is 0 Å². The maximum Gasteiger partial charge on any atom is -0.0392 e. The highest BCUT2D eigenvalue weighted by atomic mass is 14.7. The van der Waals surface area contributed by atoms with Crippen molar-refractivity contribution in [1.29, 1.82) is 0 Å². The molecule has 0 saturated heterocycles. The molecule has 0 unspecified atom stereocenters. The Hall–Kier alpha value is -1.24. The molecular weight excluding hydrogens is 122 g/mol. The van der Waals surface area contributed by atoms with Crippen molar-refractivity contribution in [3.05, 3.63) is 36.2 Å². The standard InChI is InChI=1S/C9H8N/c1-7-9-5-3-2-4-8(9)6-10-7/h2-6H,1H3/q-1. The van der Waals surface area contributed by atoms with Crippen LogP contribution in [0, 0.1) is 6.92 Å². The van der Waals surface area contributed by atoms with Crippen molar-refractivity contribution in [3.8, 4) is 0 Å². The molecule has 10 heavy (non-hydrogen) atoms. The van der Waals surface area contributed by atoms with Crippen LogP contribution in [0.4, 0.5) is 0 Å². The molecule has 1 heteroatoms. The molecule has 0 radical (unpaired) electrons. The van der Waals surface area contributed by atoms with Crippen molar-refractivity contribution >= 4 is 10.8 Å². The highest BCUT2D eigenvalue weighted by Crippen LogP contribution is 2.14. The van der Waals surface area contributed by atoms with E-state index >= 15 is 0 Å². The van der Waals surface area contributed by atoms with Crippen LogP contribution in [0.25, 0.3) is 10.8 Å². The minimum atomic E-state index is 1.12. The maximum absolute atomic E-state index is 4.20. The van der Waals surface area contributed by atoms with E-state index in [-0.39, 0.29) is 0 Å². The Balaban J connectivity index is 2.93. The Morgan fingerprint density at radius 3 is 2.80 bits per heavy atom. The van der Waals surface area contributed by atoms with Crippen molar-refractivity contribution in [1.82, 2.24) is 4.98 Å². The molecule has 0 bridgehead atoms. The molecule has 0 N–H and O–H groups in total. The second-order valence-electron chi connectivity index (χ2n) is 2.43. The van der Waals surface area contributed by atoms with Crippen LogP contribution in [-0.4, -0.2) is 0 Å². The van der Waals surface area contributed by atoms with Gasteiger partial charge in [0.2, 0.25) is 0 Å². The molecule has 1 heterocycles. The van der Waals surface area contributed by atoms with Crippen LogP contribution in [0.2, 0.25) is 0 Å².